The normalized spacial score (nSPS) is 18.0. The van der Waals surface area contributed by atoms with Crippen LogP contribution in [0.4, 0.5) is 0 Å². The summed E-state index contributed by atoms with van der Waals surface area (Å²) in [6.07, 6.45) is 62.8. The van der Waals surface area contributed by atoms with Gasteiger partial charge in [-0.3, -0.25) is 14.4 Å². The number of unbranched alkanes of at least 4 members (excludes halogenated alkanes) is 32. The highest BCUT2D eigenvalue weighted by molar-refractivity contribution is 5.74. The summed E-state index contributed by atoms with van der Waals surface area (Å²) in [7, 11) is 0. The van der Waals surface area contributed by atoms with E-state index in [2.05, 4.69) is 93.7 Å². The molecule has 0 aromatic heterocycles. The number of esters is 3. The Bertz CT molecular complexity index is 1720. The van der Waals surface area contributed by atoms with Gasteiger partial charge >= 0.3 is 23.9 Å². The number of carboxylic acids is 1. The van der Waals surface area contributed by atoms with Crippen molar-refractivity contribution in [3.8, 4) is 0 Å². The molecule has 6 atom stereocenters. The quantitative estimate of drug-likeness (QED) is 0.0228. The van der Waals surface area contributed by atoms with Crippen molar-refractivity contribution in [2.24, 2.45) is 0 Å². The maximum absolute atomic E-state index is 13.2. The van der Waals surface area contributed by atoms with Crippen LogP contribution in [0.15, 0.2) is 72.9 Å². The number of carboxylic acid groups (broad SMARTS) is 1. The lowest BCUT2D eigenvalue weighted by atomic mass is 9.98. The van der Waals surface area contributed by atoms with E-state index in [4.69, 9.17) is 23.7 Å². The number of hydrogen-bond acceptors (Lipinski definition) is 11. The first-order valence-electron chi connectivity index (χ1n) is 33.9. The van der Waals surface area contributed by atoms with E-state index >= 15 is 0 Å². The van der Waals surface area contributed by atoms with Gasteiger partial charge in [0.2, 0.25) is 0 Å². The molecule has 83 heavy (non-hydrogen) atoms. The first kappa shape index (κ1) is 77.2. The molecule has 3 N–H and O–H groups in total. The minimum atomic E-state index is -1.91. The molecule has 1 rings (SSSR count). The summed E-state index contributed by atoms with van der Waals surface area (Å²) in [5, 5.41) is 31.6. The second-order valence-corrected chi connectivity index (χ2v) is 23.1. The van der Waals surface area contributed by atoms with Gasteiger partial charge in [0.15, 0.2) is 24.6 Å². The standard InChI is InChI=1S/C71H122O12/c1-4-7-10-13-16-19-22-25-28-31-32-35-36-39-42-45-48-51-54-57-63(72)79-60-62(81-64(73)58-55-52-49-46-43-40-37-33-29-26-23-20-17-14-11-8-5-2)61-80-71-69(67(76)66(75)68(83-71)70(77)78)82-65(74)59-56-53-50-47-44-41-38-34-30-27-24-21-18-15-12-9-6-3/h7,10,16-17,19-20,25-26,28-29,32,35,62,66-69,71,75-76H,4-6,8-9,11-15,18,21-24,27,30-31,33-34,36-61H2,1-3H3,(H,77,78)/b10-7-,19-16-,20-17-,28-25-,29-26-,35-32-. The van der Waals surface area contributed by atoms with Crippen LogP contribution in [0.25, 0.3) is 0 Å². The Balaban J connectivity index is 2.66. The summed E-state index contributed by atoms with van der Waals surface area (Å²) < 4.78 is 28.6. The van der Waals surface area contributed by atoms with Crippen molar-refractivity contribution in [2.45, 2.75) is 340 Å². The molecule has 1 fully saturated rings. The number of allylic oxidation sites excluding steroid dienone is 12. The minimum absolute atomic E-state index is 0.0606. The zero-order chi connectivity index (χ0) is 60.3. The topological polar surface area (TPSA) is 175 Å². The summed E-state index contributed by atoms with van der Waals surface area (Å²) in [4.78, 5) is 51.4. The fourth-order valence-electron chi connectivity index (χ4n) is 10.1. The van der Waals surface area contributed by atoms with Crippen LogP contribution in [0, 0.1) is 0 Å². The first-order valence-corrected chi connectivity index (χ1v) is 33.9. The molecule has 1 saturated heterocycles. The average Bonchev–Trinajstić information content (AvgIpc) is 3.59. The molecule has 6 unspecified atom stereocenters. The number of ether oxygens (including phenoxy) is 5. The van der Waals surface area contributed by atoms with Gasteiger partial charge in [-0.05, 0) is 89.9 Å². The summed E-state index contributed by atoms with van der Waals surface area (Å²) in [5.74, 6) is -3.13. The van der Waals surface area contributed by atoms with E-state index in [0.717, 1.165) is 135 Å². The molecule has 0 aromatic rings. The third kappa shape index (κ3) is 48.0. The second kappa shape index (κ2) is 58.5. The van der Waals surface area contributed by atoms with Gasteiger partial charge in [0.25, 0.3) is 0 Å². The molecule has 12 nitrogen and oxygen atoms in total. The molecular formula is C71H122O12. The molecule has 0 saturated carbocycles. The van der Waals surface area contributed by atoms with Gasteiger partial charge in [0, 0.05) is 19.3 Å². The molecule has 0 radical (unpaired) electrons. The zero-order valence-corrected chi connectivity index (χ0v) is 52.9. The number of carbonyl (C=O) groups excluding carboxylic acids is 3. The van der Waals surface area contributed by atoms with Gasteiger partial charge in [0.1, 0.15) is 18.8 Å². The van der Waals surface area contributed by atoms with Crippen molar-refractivity contribution < 1.29 is 58.2 Å². The predicted octanol–water partition coefficient (Wildman–Crippen LogP) is 18.5. The van der Waals surface area contributed by atoms with Crippen LogP contribution in [0.5, 0.6) is 0 Å². The van der Waals surface area contributed by atoms with Gasteiger partial charge in [-0.2, -0.15) is 0 Å². The van der Waals surface area contributed by atoms with Gasteiger partial charge in [-0.15, -0.1) is 0 Å². The molecule has 0 aromatic carbocycles. The summed E-state index contributed by atoms with van der Waals surface area (Å²) in [6.45, 7) is 5.88. The van der Waals surface area contributed by atoms with Crippen LogP contribution in [-0.4, -0.2) is 89.2 Å². The fraction of sp³-hybridized carbons (Fsp3) is 0.775. The Morgan fingerprint density at radius 1 is 0.410 bits per heavy atom. The summed E-state index contributed by atoms with van der Waals surface area (Å²) >= 11 is 0. The Kier molecular flexibility index (Phi) is 54.4. The van der Waals surface area contributed by atoms with Crippen LogP contribution in [0.3, 0.4) is 0 Å². The second-order valence-electron chi connectivity index (χ2n) is 23.1. The Morgan fingerprint density at radius 2 is 0.759 bits per heavy atom. The van der Waals surface area contributed by atoms with Crippen molar-refractivity contribution >= 4 is 23.9 Å². The monoisotopic (exact) mass is 1170 g/mol. The maximum Gasteiger partial charge on any atom is 0.335 e. The molecule has 0 bridgehead atoms. The average molecular weight is 1170 g/mol. The molecule has 12 heteroatoms. The highest BCUT2D eigenvalue weighted by Gasteiger charge is 2.50. The molecular weight excluding hydrogens is 1040 g/mol. The number of aliphatic hydroxyl groups is 2. The van der Waals surface area contributed by atoms with Gasteiger partial charge in [0.05, 0.1) is 6.61 Å². The smallest absolute Gasteiger partial charge is 0.335 e. The Morgan fingerprint density at radius 3 is 1.18 bits per heavy atom. The Hall–Kier alpha value is -3.84. The number of rotatable bonds is 58. The lowest BCUT2D eigenvalue weighted by Crippen LogP contribution is -2.61. The van der Waals surface area contributed by atoms with Crippen LogP contribution in [0.2, 0.25) is 0 Å². The molecule has 1 heterocycles. The fourth-order valence-corrected chi connectivity index (χ4v) is 10.1. The van der Waals surface area contributed by atoms with Crippen LogP contribution in [-0.2, 0) is 42.9 Å². The van der Waals surface area contributed by atoms with E-state index in [1.165, 1.54) is 109 Å². The van der Waals surface area contributed by atoms with Crippen molar-refractivity contribution in [1.82, 2.24) is 0 Å². The first-order chi connectivity index (χ1) is 40.6. The third-order valence-corrected chi connectivity index (χ3v) is 15.3. The van der Waals surface area contributed by atoms with Gasteiger partial charge in [-0.1, -0.05) is 267 Å². The molecule has 0 amide bonds. The van der Waals surface area contributed by atoms with E-state index < -0.39 is 67.3 Å². The zero-order valence-electron chi connectivity index (χ0n) is 52.9. The lowest BCUT2D eigenvalue weighted by molar-refractivity contribution is -0.301. The number of hydrogen-bond donors (Lipinski definition) is 3. The summed E-state index contributed by atoms with van der Waals surface area (Å²) in [5.41, 5.74) is 0. The minimum Gasteiger partial charge on any atom is -0.479 e. The van der Waals surface area contributed by atoms with Gasteiger partial charge in [-0.25, -0.2) is 4.79 Å². The number of aliphatic carboxylic acids is 1. The lowest BCUT2D eigenvalue weighted by Gasteiger charge is -2.40. The van der Waals surface area contributed by atoms with E-state index in [1.54, 1.807) is 0 Å². The van der Waals surface area contributed by atoms with Crippen molar-refractivity contribution in [3.05, 3.63) is 72.9 Å². The SMILES string of the molecule is CC/C=C\C/C=C\C/C=C\C/C=C\CCCCCCCCC(=O)OCC(COC1OC(C(=O)O)C(O)C(O)C1OC(=O)CCCCCCCCCCCCCCCCCCC)OC(=O)CCCCCCCCC/C=C\C/C=C\CCCCC. The van der Waals surface area contributed by atoms with E-state index in [0.29, 0.717) is 19.3 Å². The third-order valence-electron chi connectivity index (χ3n) is 15.3. The Labute approximate surface area is 506 Å². The van der Waals surface area contributed by atoms with Crippen molar-refractivity contribution in [3.63, 3.8) is 0 Å². The number of aliphatic hydroxyl groups excluding tert-OH is 2. The predicted molar refractivity (Wildman–Crippen MR) is 340 cm³/mol. The van der Waals surface area contributed by atoms with E-state index in [1.807, 2.05) is 0 Å². The molecule has 478 valence electrons. The summed E-state index contributed by atoms with van der Waals surface area (Å²) in [6, 6.07) is 0. The molecule has 0 spiro atoms. The van der Waals surface area contributed by atoms with Crippen LogP contribution in [0.1, 0.15) is 303 Å². The largest absolute Gasteiger partial charge is 0.479 e. The van der Waals surface area contributed by atoms with Crippen LogP contribution < -0.4 is 0 Å². The molecule has 1 aliphatic heterocycles. The highest BCUT2D eigenvalue weighted by Crippen LogP contribution is 2.27. The molecule has 1 aliphatic rings. The van der Waals surface area contributed by atoms with E-state index in [9.17, 15) is 34.5 Å². The van der Waals surface area contributed by atoms with Crippen molar-refractivity contribution in [2.75, 3.05) is 13.2 Å². The highest BCUT2D eigenvalue weighted by atomic mass is 16.7. The van der Waals surface area contributed by atoms with E-state index in [-0.39, 0.29) is 25.9 Å². The van der Waals surface area contributed by atoms with Crippen molar-refractivity contribution in [1.29, 1.82) is 0 Å². The number of carbonyl (C=O) groups is 4. The maximum atomic E-state index is 13.2. The van der Waals surface area contributed by atoms with Gasteiger partial charge < -0.3 is 39.0 Å². The molecule has 0 aliphatic carbocycles. The van der Waals surface area contributed by atoms with Crippen LogP contribution >= 0.6 is 0 Å².